The fourth-order valence-electron chi connectivity index (χ4n) is 2.86. The number of rotatable bonds is 6. The van der Waals surface area contributed by atoms with Crippen molar-refractivity contribution in [2.24, 2.45) is 0 Å². The molecule has 1 aromatic heterocycles. The fourth-order valence-corrected chi connectivity index (χ4v) is 2.86. The Bertz CT molecular complexity index is 538. The molecule has 22 heavy (non-hydrogen) atoms. The molecule has 2 N–H and O–H groups in total. The van der Waals surface area contributed by atoms with E-state index in [0.29, 0.717) is 6.04 Å². The summed E-state index contributed by atoms with van der Waals surface area (Å²) in [5, 5.41) is 7.09. The van der Waals surface area contributed by atoms with Crippen molar-refractivity contribution in [3.8, 4) is 0 Å². The average molecular weight is 296 g/mol. The lowest BCUT2D eigenvalue weighted by molar-refractivity contribution is 0.215. The molecule has 0 radical (unpaired) electrons. The Labute approximate surface area is 132 Å². The zero-order chi connectivity index (χ0) is 15.0. The van der Waals surface area contributed by atoms with Gasteiger partial charge in [0.05, 0.1) is 5.69 Å². The van der Waals surface area contributed by atoms with Crippen molar-refractivity contribution < 1.29 is 0 Å². The van der Waals surface area contributed by atoms with Crippen LogP contribution in [0.15, 0.2) is 54.7 Å². The first-order valence-corrected chi connectivity index (χ1v) is 8.03. The van der Waals surface area contributed by atoms with E-state index >= 15 is 0 Å². The van der Waals surface area contributed by atoms with Gasteiger partial charge in [0.1, 0.15) is 0 Å². The molecular formula is C18H24N4. The van der Waals surface area contributed by atoms with Gasteiger partial charge in [0, 0.05) is 51.5 Å². The molecule has 0 amide bonds. The largest absolute Gasteiger partial charge is 0.314 e. The van der Waals surface area contributed by atoms with Gasteiger partial charge in [-0.05, 0) is 17.7 Å². The van der Waals surface area contributed by atoms with Crippen molar-refractivity contribution in [1.29, 1.82) is 0 Å². The Morgan fingerprint density at radius 3 is 2.55 bits per heavy atom. The molecule has 0 bridgehead atoms. The lowest BCUT2D eigenvalue weighted by Crippen LogP contribution is -2.46. The summed E-state index contributed by atoms with van der Waals surface area (Å²) >= 11 is 0. The molecule has 116 valence electrons. The van der Waals surface area contributed by atoms with Crippen LogP contribution >= 0.6 is 0 Å². The summed E-state index contributed by atoms with van der Waals surface area (Å²) in [6, 6.07) is 17.1. The maximum absolute atomic E-state index is 4.41. The van der Waals surface area contributed by atoms with Crippen LogP contribution < -0.4 is 10.6 Å². The SMILES string of the molecule is c1ccc(C(CN2CCNCC2)NCc2ccccn2)cc1. The van der Waals surface area contributed by atoms with Crippen molar-refractivity contribution in [2.75, 3.05) is 32.7 Å². The van der Waals surface area contributed by atoms with Gasteiger partial charge in [0.15, 0.2) is 0 Å². The third-order valence-corrected chi connectivity index (χ3v) is 4.11. The predicted octanol–water partition coefficient (Wildman–Crippen LogP) is 1.82. The standard InChI is InChI=1S/C18H24N4/c1-2-6-16(7-3-1)18(15-22-12-10-19-11-13-22)21-14-17-8-4-5-9-20-17/h1-9,18-19,21H,10-15H2. The van der Waals surface area contributed by atoms with E-state index in [9.17, 15) is 0 Å². The minimum Gasteiger partial charge on any atom is -0.314 e. The van der Waals surface area contributed by atoms with E-state index in [4.69, 9.17) is 0 Å². The van der Waals surface area contributed by atoms with Crippen LogP contribution in [0.25, 0.3) is 0 Å². The predicted molar refractivity (Wildman–Crippen MR) is 89.6 cm³/mol. The highest BCUT2D eigenvalue weighted by molar-refractivity contribution is 5.19. The highest BCUT2D eigenvalue weighted by Gasteiger charge is 2.17. The van der Waals surface area contributed by atoms with E-state index in [1.807, 2.05) is 18.3 Å². The number of aromatic nitrogens is 1. The molecule has 0 saturated carbocycles. The Morgan fingerprint density at radius 2 is 1.82 bits per heavy atom. The lowest BCUT2D eigenvalue weighted by Gasteiger charge is -2.31. The molecule has 4 heteroatoms. The molecule has 1 saturated heterocycles. The van der Waals surface area contributed by atoms with Gasteiger partial charge >= 0.3 is 0 Å². The van der Waals surface area contributed by atoms with Crippen LogP contribution in [0.5, 0.6) is 0 Å². The van der Waals surface area contributed by atoms with E-state index in [2.05, 4.69) is 56.9 Å². The van der Waals surface area contributed by atoms with Crippen molar-refractivity contribution in [2.45, 2.75) is 12.6 Å². The second kappa shape index (κ2) is 8.03. The molecule has 1 unspecified atom stereocenters. The third-order valence-electron chi connectivity index (χ3n) is 4.11. The molecule has 0 spiro atoms. The molecule has 4 nitrogen and oxygen atoms in total. The third kappa shape index (κ3) is 4.37. The molecule has 1 atom stereocenters. The first-order chi connectivity index (χ1) is 10.9. The summed E-state index contributed by atoms with van der Waals surface area (Å²) in [6.45, 7) is 6.25. The average Bonchev–Trinajstić information content (AvgIpc) is 2.61. The van der Waals surface area contributed by atoms with Crippen LogP contribution in [0.3, 0.4) is 0 Å². The van der Waals surface area contributed by atoms with Gasteiger partial charge < -0.3 is 10.6 Å². The minimum atomic E-state index is 0.335. The van der Waals surface area contributed by atoms with Gasteiger partial charge in [-0.1, -0.05) is 36.4 Å². The Balaban J connectivity index is 1.65. The maximum Gasteiger partial charge on any atom is 0.0541 e. The molecule has 1 aromatic carbocycles. The summed E-state index contributed by atoms with van der Waals surface area (Å²) in [6.07, 6.45) is 1.85. The van der Waals surface area contributed by atoms with Gasteiger partial charge in [0.2, 0.25) is 0 Å². The highest BCUT2D eigenvalue weighted by atomic mass is 15.2. The van der Waals surface area contributed by atoms with Crippen LogP contribution in [0, 0.1) is 0 Å². The van der Waals surface area contributed by atoms with Gasteiger partial charge in [-0.15, -0.1) is 0 Å². The second-order valence-electron chi connectivity index (χ2n) is 5.72. The summed E-state index contributed by atoms with van der Waals surface area (Å²) in [7, 11) is 0. The van der Waals surface area contributed by atoms with Crippen molar-refractivity contribution >= 4 is 0 Å². The molecule has 1 aliphatic rings. The van der Waals surface area contributed by atoms with E-state index in [0.717, 1.165) is 45.0 Å². The fraction of sp³-hybridized carbons (Fsp3) is 0.389. The van der Waals surface area contributed by atoms with Crippen LogP contribution in [0.2, 0.25) is 0 Å². The van der Waals surface area contributed by atoms with Crippen LogP contribution in [-0.2, 0) is 6.54 Å². The highest BCUT2D eigenvalue weighted by Crippen LogP contribution is 2.15. The molecule has 2 heterocycles. The normalized spacial score (nSPS) is 17.3. The van der Waals surface area contributed by atoms with Gasteiger partial charge in [0.25, 0.3) is 0 Å². The first-order valence-electron chi connectivity index (χ1n) is 8.03. The molecule has 0 aliphatic carbocycles. The number of nitrogens with one attached hydrogen (secondary N) is 2. The molecule has 3 rings (SSSR count). The molecular weight excluding hydrogens is 272 g/mol. The molecule has 1 fully saturated rings. The zero-order valence-corrected chi connectivity index (χ0v) is 12.9. The van der Waals surface area contributed by atoms with Crippen molar-refractivity contribution in [3.63, 3.8) is 0 Å². The van der Waals surface area contributed by atoms with Crippen LogP contribution in [0.1, 0.15) is 17.3 Å². The summed E-state index contributed by atoms with van der Waals surface area (Å²) in [4.78, 5) is 6.93. The number of piperazine rings is 1. The minimum absolute atomic E-state index is 0.335. The van der Waals surface area contributed by atoms with Gasteiger partial charge in [-0.3, -0.25) is 9.88 Å². The number of nitrogens with zero attached hydrogens (tertiary/aromatic N) is 2. The van der Waals surface area contributed by atoms with E-state index in [-0.39, 0.29) is 0 Å². The summed E-state index contributed by atoms with van der Waals surface area (Å²) in [5.74, 6) is 0. The van der Waals surface area contributed by atoms with Crippen molar-refractivity contribution in [3.05, 3.63) is 66.0 Å². The zero-order valence-electron chi connectivity index (χ0n) is 12.9. The number of benzene rings is 1. The number of pyridine rings is 1. The van der Waals surface area contributed by atoms with Gasteiger partial charge in [-0.25, -0.2) is 0 Å². The Kier molecular flexibility index (Phi) is 5.54. The molecule has 2 aromatic rings. The Morgan fingerprint density at radius 1 is 1.05 bits per heavy atom. The second-order valence-corrected chi connectivity index (χ2v) is 5.72. The van der Waals surface area contributed by atoms with E-state index < -0.39 is 0 Å². The van der Waals surface area contributed by atoms with Crippen LogP contribution in [0.4, 0.5) is 0 Å². The van der Waals surface area contributed by atoms with E-state index in [1.165, 1.54) is 5.56 Å². The summed E-state index contributed by atoms with van der Waals surface area (Å²) < 4.78 is 0. The van der Waals surface area contributed by atoms with Gasteiger partial charge in [-0.2, -0.15) is 0 Å². The first kappa shape index (κ1) is 15.2. The number of hydrogen-bond donors (Lipinski definition) is 2. The van der Waals surface area contributed by atoms with E-state index in [1.54, 1.807) is 0 Å². The Hall–Kier alpha value is -1.75. The smallest absolute Gasteiger partial charge is 0.0541 e. The van der Waals surface area contributed by atoms with Crippen LogP contribution in [-0.4, -0.2) is 42.6 Å². The molecule has 1 aliphatic heterocycles. The lowest BCUT2D eigenvalue weighted by atomic mass is 10.1. The quantitative estimate of drug-likeness (QED) is 0.853. The summed E-state index contributed by atoms with van der Waals surface area (Å²) in [5.41, 5.74) is 2.43. The van der Waals surface area contributed by atoms with Crippen molar-refractivity contribution in [1.82, 2.24) is 20.5 Å². The number of hydrogen-bond acceptors (Lipinski definition) is 4. The topological polar surface area (TPSA) is 40.2 Å². The maximum atomic E-state index is 4.41. The monoisotopic (exact) mass is 296 g/mol.